The molecule has 1 aliphatic rings. The van der Waals surface area contributed by atoms with E-state index in [0.29, 0.717) is 24.1 Å². The summed E-state index contributed by atoms with van der Waals surface area (Å²) in [5.74, 6) is -0.0650. The molecule has 0 spiro atoms. The van der Waals surface area contributed by atoms with E-state index in [9.17, 15) is 10.1 Å². The first-order chi connectivity index (χ1) is 11.7. The fourth-order valence-corrected chi connectivity index (χ4v) is 2.98. The van der Waals surface area contributed by atoms with Crippen molar-refractivity contribution >= 4 is 5.91 Å². The molecule has 2 heterocycles. The molecule has 0 radical (unpaired) electrons. The van der Waals surface area contributed by atoms with Crippen LogP contribution in [-0.4, -0.2) is 15.7 Å². The van der Waals surface area contributed by atoms with Crippen molar-refractivity contribution in [3.8, 4) is 11.8 Å². The van der Waals surface area contributed by atoms with E-state index in [-0.39, 0.29) is 5.91 Å². The van der Waals surface area contributed by atoms with E-state index in [1.807, 2.05) is 48.7 Å². The highest BCUT2D eigenvalue weighted by molar-refractivity contribution is 5.98. The molecule has 3 aromatic rings. The number of nitrogens with zero attached hydrogens (tertiary/aromatic N) is 3. The molecule has 1 aliphatic heterocycles. The second-order valence-corrected chi connectivity index (χ2v) is 5.75. The highest BCUT2D eigenvalue weighted by Crippen LogP contribution is 2.23. The largest absolute Gasteiger partial charge is 0.348 e. The third-order valence-electron chi connectivity index (χ3n) is 4.23. The van der Waals surface area contributed by atoms with Gasteiger partial charge in [0.15, 0.2) is 0 Å². The smallest absolute Gasteiger partial charge is 0.251 e. The Balaban J connectivity index is 1.65. The molecule has 4 rings (SSSR count). The quantitative estimate of drug-likeness (QED) is 0.807. The van der Waals surface area contributed by atoms with Crippen molar-refractivity contribution in [1.82, 2.24) is 15.1 Å². The molecule has 0 fully saturated rings. The van der Waals surface area contributed by atoms with Gasteiger partial charge in [0.1, 0.15) is 0 Å². The van der Waals surface area contributed by atoms with Gasteiger partial charge in [0.25, 0.3) is 5.91 Å². The zero-order chi connectivity index (χ0) is 16.5. The lowest BCUT2D eigenvalue weighted by Crippen LogP contribution is -2.12. The Morgan fingerprint density at radius 3 is 2.79 bits per heavy atom. The van der Waals surface area contributed by atoms with Crippen LogP contribution in [0.2, 0.25) is 0 Å². The molecule has 0 atom stereocenters. The molecular formula is C19H14N4O. The number of hydrogen-bond donors (Lipinski definition) is 1. The molecule has 24 heavy (non-hydrogen) atoms. The predicted octanol–water partition coefficient (Wildman–Crippen LogP) is 2.58. The van der Waals surface area contributed by atoms with E-state index < -0.39 is 0 Å². The van der Waals surface area contributed by atoms with Crippen LogP contribution in [0.3, 0.4) is 0 Å². The first-order valence-electron chi connectivity index (χ1n) is 7.67. The van der Waals surface area contributed by atoms with Gasteiger partial charge in [-0.25, -0.2) is 4.68 Å². The maximum atomic E-state index is 11.8. The van der Waals surface area contributed by atoms with Crippen LogP contribution in [0, 0.1) is 11.3 Å². The van der Waals surface area contributed by atoms with E-state index in [2.05, 4.69) is 16.5 Å². The highest BCUT2D eigenvalue weighted by atomic mass is 16.1. The fourth-order valence-electron chi connectivity index (χ4n) is 2.98. The third kappa shape index (κ3) is 2.44. The summed E-state index contributed by atoms with van der Waals surface area (Å²) in [6.07, 6.45) is 4.24. The first kappa shape index (κ1) is 14.2. The van der Waals surface area contributed by atoms with Crippen molar-refractivity contribution in [2.24, 2.45) is 0 Å². The summed E-state index contributed by atoms with van der Waals surface area (Å²) in [6, 6.07) is 15.8. The first-order valence-corrected chi connectivity index (χ1v) is 7.67. The Kier molecular flexibility index (Phi) is 3.36. The van der Waals surface area contributed by atoms with E-state index >= 15 is 0 Å². The molecule has 116 valence electrons. The van der Waals surface area contributed by atoms with Crippen molar-refractivity contribution in [3.63, 3.8) is 0 Å². The Labute approximate surface area is 139 Å². The molecule has 5 nitrogen and oxygen atoms in total. The SMILES string of the molecule is N#Cc1cc2c(cc1Cc1ccc(-n3cccn3)cc1)C(=O)NC2. The van der Waals surface area contributed by atoms with Gasteiger partial charge in [-0.1, -0.05) is 12.1 Å². The summed E-state index contributed by atoms with van der Waals surface area (Å²) in [6.45, 7) is 0.502. The Bertz CT molecular complexity index is 950. The number of rotatable bonds is 3. The van der Waals surface area contributed by atoms with Crippen LogP contribution in [0.1, 0.15) is 32.6 Å². The van der Waals surface area contributed by atoms with Gasteiger partial charge in [-0.3, -0.25) is 4.79 Å². The molecule has 1 aromatic heterocycles. The highest BCUT2D eigenvalue weighted by Gasteiger charge is 2.21. The minimum Gasteiger partial charge on any atom is -0.348 e. The second kappa shape index (κ2) is 5.67. The maximum Gasteiger partial charge on any atom is 0.251 e. The molecule has 0 saturated heterocycles. The number of hydrogen-bond acceptors (Lipinski definition) is 3. The van der Waals surface area contributed by atoms with Gasteiger partial charge in [0.05, 0.1) is 17.3 Å². The Morgan fingerprint density at radius 2 is 2.08 bits per heavy atom. The maximum absolute atomic E-state index is 11.8. The Hall–Kier alpha value is -3.39. The van der Waals surface area contributed by atoms with Gasteiger partial charge >= 0.3 is 0 Å². The summed E-state index contributed by atoms with van der Waals surface area (Å²) < 4.78 is 1.80. The van der Waals surface area contributed by atoms with Gasteiger partial charge in [-0.2, -0.15) is 10.4 Å². The van der Waals surface area contributed by atoms with Crippen LogP contribution in [0.15, 0.2) is 54.9 Å². The Morgan fingerprint density at radius 1 is 1.25 bits per heavy atom. The number of fused-ring (bicyclic) bond motifs is 1. The normalized spacial score (nSPS) is 12.5. The van der Waals surface area contributed by atoms with Crippen molar-refractivity contribution < 1.29 is 4.79 Å². The van der Waals surface area contributed by atoms with Crippen LogP contribution in [-0.2, 0) is 13.0 Å². The summed E-state index contributed by atoms with van der Waals surface area (Å²) >= 11 is 0. The summed E-state index contributed by atoms with van der Waals surface area (Å²) in [4.78, 5) is 11.8. The van der Waals surface area contributed by atoms with Crippen molar-refractivity contribution in [2.45, 2.75) is 13.0 Å². The van der Waals surface area contributed by atoms with E-state index in [1.165, 1.54) is 0 Å². The lowest BCUT2D eigenvalue weighted by Gasteiger charge is -2.08. The van der Waals surface area contributed by atoms with Crippen LogP contribution < -0.4 is 5.32 Å². The van der Waals surface area contributed by atoms with Gasteiger partial charge < -0.3 is 5.32 Å². The number of nitrogens with one attached hydrogen (secondary N) is 1. The van der Waals surface area contributed by atoms with Crippen LogP contribution in [0.25, 0.3) is 5.69 Å². The van der Waals surface area contributed by atoms with Crippen molar-refractivity contribution in [3.05, 3.63) is 82.7 Å². The van der Waals surface area contributed by atoms with Crippen LogP contribution >= 0.6 is 0 Å². The van der Waals surface area contributed by atoms with Gasteiger partial charge in [-0.15, -0.1) is 0 Å². The van der Waals surface area contributed by atoms with E-state index in [1.54, 1.807) is 10.9 Å². The molecule has 1 amide bonds. The fraction of sp³-hybridized carbons (Fsp3) is 0.105. The van der Waals surface area contributed by atoms with Crippen LogP contribution in [0.4, 0.5) is 0 Å². The number of benzene rings is 2. The number of amides is 1. The van der Waals surface area contributed by atoms with E-state index in [0.717, 1.165) is 22.4 Å². The standard InChI is InChI=1S/C19H14N4O/c20-11-15-9-16-12-21-19(24)18(16)10-14(15)8-13-2-4-17(5-3-13)23-7-1-6-22-23/h1-7,9-10H,8,12H2,(H,21,24). The summed E-state index contributed by atoms with van der Waals surface area (Å²) in [5.41, 5.74) is 5.14. The summed E-state index contributed by atoms with van der Waals surface area (Å²) in [5, 5.41) is 16.4. The minimum atomic E-state index is -0.0650. The number of carbonyl (C=O) groups excluding carboxylic acids is 1. The topological polar surface area (TPSA) is 70.7 Å². The lowest BCUT2D eigenvalue weighted by atomic mass is 9.95. The van der Waals surface area contributed by atoms with Crippen LogP contribution in [0.5, 0.6) is 0 Å². The van der Waals surface area contributed by atoms with Crippen molar-refractivity contribution in [1.29, 1.82) is 5.26 Å². The van der Waals surface area contributed by atoms with Crippen molar-refractivity contribution in [2.75, 3.05) is 0 Å². The monoisotopic (exact) mass is 314 g/mol. The van der Waals surface area contributed by atoms with Gasteiger partial charge in [0, 0.05) is 24.5 Å². The molecule has 0 bridgehead atoms. The minimum absolute atomic E-state index is 0.0650. The number of nitriles is 1. The van der Waals surface area contributed by atoms with Gasteiger partial charge in [0.2, 0.25) is 0 Å². The van der Waals surface area contributed by atoms with Gasteiger partial charge in [-0.05, 0) is 53.4 Å². The average molecular weight is 314 g/mol. The molecule has 0 unspecified atom stereocenters. The second-order valence-electron chi connectivity index (χ2n) is 5.75. The third-order valence-corrected chi connectivity index (χ3v) is 4.23. The zero-order valence-corrected chi connectivity index (χ0v) is 12.9. The van der Waals surface area contributed by atoms with E-state index in [4.69, 9.17) is 0 Å². The molecule has 0 saturated carbocycles. The molecule has 5 heteroatoms. The lowest BCUT2D eigenvalue weighted by molar-refractivity contribution is 0.0965. The summed E-state index contributed by atoms with van der Waals surface area (Å²) in [7, 11) is 0. The number of carbonyl (C=O) groups is 1. The number of aromatic nitrogens is 2. The molecule has 2 aromatic carbocycles. The zero-order valence-electron chi connectivity index (χ0n) is 12.9. The predicted molar refractivity (Wildman–Crippen MR) is 88.7 cm³/mol. The molecule has 1 N–H and O–H groups in total. The molecular weight excluding hydrogens is 300 g/mol. The average Bonchev–Trinajstić information content (AvgIpc) is 3.26. The molecule has 0 aliphatic carbocycles.